The van der Waals surface area contributed by atoms with Gasteiger partial charge in [0.1, 0.15) is 5.75 Å². The Balaban J connectivity index is 2.39. The molecule has 18 heavy (non-hydrogen) atoms. The molecule has 1 atom stereocenters. The molecule has 2 rings (SSSR count). The third kappa shape index (κ3) is 2.89. The molecule has 0 saturated carbocycles. The molecular weight excluding hydrogens is 299 g/mol. The Morgan fingerprint density at radius 3 is 2.61 bits per heavy atom. The molecule has 4 heteroatoms. The number of halogens is 2. The van der Waals surface area contributed by atoms with Gasteiger partial charge in [-0.15, -0.1) is 0 Å². The third-order valence-corrected chi connectivity index (χ3v) is 2.96. The Morgan fingerprint density at radius 1 is 1.22 bits per heavy atom. The highest BCUT2D eigenvalue weighted by atomic mass is 79.9. The van der Waals surface area contributed by atoms with Crippen molar-refractivity contribution in [2.45, 2.75) is 13.0 Å². The first-order valence-corrected chi connectivity index (χ1v) is 6.27. The Kier molecular flexibility index (Phi) is 3.99. The van der Waals surface area contributed by atoms with E-state index in [9.17, 15) is 9.50 Å². The molecule has 0 saturated heterocycles. The fourth-order valence-corrected chi connectivity index (χ4v) is 1.99. The number of hydrogen-bond acceptors (Lipinski definition) is 2. The molecule has 94 valence electrons. The second-order valence-corrected chi connectivity index (χ2v) is 4.81. The summed E-state index contributed by atoms with van der Waals surface area (Å²) in [7, 11) is 0. The van der Waals surface area contributed by atoms with E-state index in [1.165, 1.54) is 6.07 Å². The van der Waals surface area contributed by atoms with Gasteiger partial charge < -0.3 is 9.84 Å². The van der Waals surface area contributed by atoms with Crippen molar-refractivity contribution < 1.29 is 14.2 Å². The molecule has 0 aromatic heterocycles. The van der Waals surface area contributed by atoms with Crippen LogP contribution in [0.1, 0.15) is 18.6 Å². The number of benzene rings is 2. The average molecular weight is 311 g/mol. The Bertz CT molecular complexity index is 555. The van der Waals surface area contributed by atoms with Crippen LogP contribution >= 0.6 is 15.9 Å². The Labute approximate surface area is 113 Å². The summed E-state index contributed by atoms with van der Waals surface area (Å²) in [6.45, 7) is 1.57. The fourth-order valence-electron chi connectivity index (χ4n) is 1.61. The zero-order valence-corrected chi connectivity index (χ0v) is 11.3. The van der Waals surface area contributed by atoms with Crippen LogP contribution in [-0.2, 0) is 0 Å². The van der Waals surface area contributed by atoms with Crippen LogP contribution in [-0.4, -0.2) is 5.11 Å². The number of rotatable bonds is 3. The normalized spacial score (nSPS) is 12.2. The molecule has 0 fully saturated rings. The summed E-state index contributed by atoms with van der Waals surface area (Å²) in [6, 6.07) is 11.6. The number of para-hydroxylation sites is 1. The van der Waals surface area contributed by atoms with Gasteiger partial charge in [0.2, 0.25) is 0 Å². The van der Waals surface area contributed by atoms with Crippen molar-refractivity contribution in [2.24, 2.45) is 0 Å². The standard InChI is InChI=1S/C14H12BrFO2/c1-9(17)12-6-3-7-13(16)14(12)18-11-5-2-4-10(15)8-11/h2-9,17H,1H3/t9-/m1/s1. The number of aliphatic hydroxyl groups excluding tert-OH is 1. The molecule has 2 nitrogen and oxygen atoms in total. The molecule has 1 N–H and O–H groups in total. The highest BCUT2D eigenvalue weighted by Gasteiger charge is 2.14. The van der Waals surface area contributed by atoms with Gasteiger partial charge in [-0.2, -0.15) is 0 Å². The molecule has 0 aliphatic heterocycles. The van der Waals surface area contributed by atoms with Crippen LogP contribution in [0.25, 0.3) is 0 Å². The molecule has 0 aliphatic rings. The average Bonchev–Trinajstić information content (AvgIpc) is 2.31. The van der Waals surface area contributed by atoms with Crippen molar-refractivity contribution in [3.63, 3.8) is 0 Å². The van der Waals surface area contributed by atoms with E-state index in [0.717, 1.165) is 4.47 Å². The van der Waals surface area contributed by atoms with Gasteiger partial charge in [-0.25, -0.2) is 4.39 Å². The molecule has 0 bridgehead atoms. The summed E-state index contributed by atoms with van der Waals surface area (Å²) in [4.78, 5) is 0. The van der Waals surface area contributed by atoms with Crippen LogP contribution in [0.2, 0.25) is 0 Å². The number of ether oxygens (including phenoxy) is 1. The second-order valence-electron chi connectivity index (χ2n) is 3.89. The van der Waals surface area contributed by atoms with Gasteiger partial charge in [0, 0.05) is 10.0 Å². The van der Waals surface area contributed by atoms with Gasteiger partial charge in [0.05, 0.1) is 6.10 Å². The zero-order valence-electron chi connectivity index (χ0n) is 9.73. The molecule has 0 aliphatic carbocycles. The Hall–Kier alpha value is -1.39. The van der Waals surface area contributed by atoms with Gasteiger partial charge in [0.25, 0.3) is 0 Å². The monoisotopic (exact) mass is 310 g/mol. The van der Waals surface area contributed by atoms with E-state index in [1.807, 2.05) is 6.07 Å². The van der Waals surface area contributed by atoms with Crippen LogP contribution in [0.5, 0.6) is 11.5 Å². The van der Waals surface area contributed by atoms with Gasteiger partial charge in [-0.3, -0.25) is 0 Å². The first-order chi connectivity index (χ1) is 8.58. The van der Waals surface area contributed by atoms with Crippen LogP contribution in [0.3, 0.4) is 0 Å². The summed E-state index contributed by atoms with van der Waals surface area (Å²) >= 11 is 3.32. The lowest BCUT2D eigenvalue weighted by atomic mass is 10.1. The molecule has 0 amide bonds. The van der Waals surface area contributed by atoms with Gasteiger partial charge >= 0.3 is 0 Å². The lowest BCUT2D eigenvalue weighted by Crippen LogP contribution is -1.98. The minimum atomic E-state index is -0.789. The lowest BCUT2D eigenvalue weighted by molar-refractivity contribution is 0.194. The quantitative estimate of drug-likeness (QED) is 0.908. The number of aliphatic hydroxyl groups is 1. The molecular formula is C14H12BrFO2. The van der Waals surface area contributed by atoms with E-state index in [1.54, 1.807) is 37.3 Å². The smallest absolute Gasteiger partial charge is 0.168 e. The van der Waals surface area contributed by atoms with Crippen molar-refractivity contribution in [1.82, 2.24) is 0 Å². The van der Waals surface area contributed by atoms with Crippen molar-refractivity contribution in [2.75, 3.05) is 0 Å². The number of hydrogen-bond donors (Lipinski definition) is 1. The van der Waals surface area contributed by atoms with Gasteiger partial charge in [0.15, 0.2) is 11.6 Å². The van der Waals surface area contributed by atoms with E-state index >= 15 is 0 Å². The molecule has 0 spiro atoms. The largest absolute Gasteiger partial charge is 0.454 e. The van der Waals surface area contributed by atoms with Crippen molar-refractivity contribution in [1.29, 1.82) is 0 Å². The van der Waals surface area contributed by atoms with E-state index in [-0.39, 0.29) is 5.75 Å². The van der Waals surface area contributed by atoms with Crippen LogP contribution in [0.4, 0.5) is 4.39 Å². The van der Waals surface area contributed by atoms with E-state index in [0.29, 0.717) is 11.3 Å². The molecule has 0 unspecified atom stereocenters. The minimum Gasteiger partial charge on any atom is -0.454 e. The first-order valence-electron chi connectivity index (χ1n) is 5.48. The minimum absolute atomic E-state index is 0.0607. The van der Waals surface area contributed by atoms with E-state index in [4.69, 9.17) is 4.74 Å². The van der Waals surface area contributed by atoms with Crippen molar-refractivity contribution in [3.8, 4) is 11.5 Å². The first kappa shape index (κ1) is 13.1. The summed E-state index contributed by atoms with van der Waals surface area (Å²) in [6.07, 6.45) is -0.789. The second kappa shape index (κ2) is 5.50. The third-order valence-electron chi connectivity index (χ3n) is 2.46. The van der Waals surface area contributed by atoms with E-state index in [2.05, 4.69) is 15.9 Å². The summed E-state index contributed by atoms with van der Waals surface area (Å²) in [5.74, 6) is 0.0790. The molecule has 0 heterocycles. The Morgan fingerprint density at radius 2 is 1.94 bits per heavy atom. The maximum atomic E-state index is 13.7. The maximum absolute atomic E-state index is 13.7. The summed E-state index contributed by atoms with van der Waals surface area (Å²) in [5, 5.41) is 9.61. The van der Waals surface area contributed by atoms with E-state index < -0.39 is 11.9 Å². The summed E-state index contributed by atoms with van der Waals surface area (Å²) < 4.78 is 20.1. The highest BCUT2D eigenvalue weighted by molar-refractivity contribution is 9.10. The molecule has 2 aromatic rings. The zero-order chi connectivity index (χ0) is 13.1. The maximum Gasteiger partial charge on any atom is 0.168 e. The van der Waals surface area contributed by atoms with Crippen LogP contribution in [0.15, 0.2) is 46.9 Å². The van der Waals surface area contributed by atoms with Crippen LogP contribution in [0, 0.1) is 5.82 Å². The lowest BCUT2D eigenvalue weighted by Gasteiger charge is -2.14. The van der Waals surface area contributed by atoms with Crippen LogP contribution < -0.4 is 4.74 Å². The van der Waals surface area contributed by atoms with Crippen molar-refractivity contribution >= 4 is 15.9 Å². The topological polar surface area (TPSA) is 29.5 Å². The molecule has 2 aromatic carbocycles. The highest BCUT2D eigenvalue weighted by Crippen LogP contribution is 2.32. The predicted octanol–water partition coefficient (Wildman–Crippen LogP) is 4.43. The predicted molar refractivity (Wildman–Crippen MR) is 71.2 cm³/mol. The van der Waals surface area contributed by atoms with Crippen molar-refractivity contribution in [3.05, 3.63) is 58.3 Å². The van der Waals surface area contributed by atoms with Gasteiger partial charge in [-0.05, 0) is 31.2 Å². The van der Waals surface area contributed by atoms with Gasteiger partial charge in [-0.1, -0.05) is 34.1 Å². The SMILES string of the molecule is C[C@@H](O)c1cccc(F)c1Oc1cccc(Br)c1. The molecule has 0 radical (unpaired) electrons. The fraction of sp³-hybridized carbons (Fsp3) is 0.143. The summed E-state index contributed by atoms with van der Waals surface area (Å²) in [5.41, 5.74) is 0.426.